The molecule has 1 fully saturated rings. The van der Waals surface area contributed by atoms with E-state index >= 15 is 4.79 Å². The number of aromatic amines is 2. The van der Waals surface area contributed by atoms with E-state index in [4.69, 9.17) is 58.1 Å². The molecule has 4 aromatic rings. The zero-order chi connectivity index (χ0) is 90.2. The van der Waals surface area contributed by atoms with Gasteiger partial charge in [0.05, 0.1) is 121 Å². The van der Waals surface area contributed by atoms with Gasteiger partial charge in [-0.1, -0.05) is 65.1 Å². The molecule has 2 amide bonds. The van der Waals surface area contributed by atoms with E-state index in [0.29, 0.717) is 94.7 Å². The fourth-order valence-electron chi connectivity index (χ4n) is 19.8. The van der Waals surface area contributed by atoms with Crippen molar-refractivity contribution in [2.75, 3.05) is 69.0 Å². The quantitative estimate of drug-likeness (QED) is 0.0140. The summed E-state index contributed by atoms with van der Waals surface area (Å²) in [7, 11) is 7.89. The summed E-state index contributed by atoms with van der Waals surface area (Å²) in [4.78, 5) is 158. The molecule has 9 atom stereocenters. The molecule has 4 aromatic heterocycles. The highest BCUT2D eigenvalue weighted by atomic mass is 16.5. The number of rotatable bonds is 36. The Morgan fingerprint density at radius 2 is 1.17 bits per heavy atom. The van der Waals surface area contributed by atoms with Crippen molar-refractivity contribution in [3.05, 3.63) is 135 Å². The summed E-state index contributed by atoms with van der Waals surface area (Å²) in [5.74, 6) is -6.99. The topological polar surface area (TPSA) is 400 Å². The number of allylic oxidation sites excluding steroid dienone is 11. The molecule has 7 aliphatic heterocycles. The number of hydrogen-bond acceptors (Lipinski definition) is 24. The van der Waals surface area contributed by atoms with Crippen LogP contribution in [0.25, 0.3) is 50.4 Å². The number of carbonyl (C=O) groups excluding carboxylic acids is 8. The standard InChI is InChI=1S/C94H121N13O17/c1-21-58-51(3)66-43-67-54(6)61(26-31-78(110)111)73(99-67)46-72-60(53(5)69(100-72)45-71-59(22-2)52(4)68(98-71)44-70(58)97-66)25-30-76(108)96-38-40-124-41-39-107-50-57(105-106-107)24-23-37-95-77(109)48-92(12)62(27-32-79(112)118-15)74-47-75-90(9,10)63(28-33-80(113)119-16)85(102-75)55(7)87-91(11,36-35-82(115)121-18)65(42-83(116)122-19)89(103-87)94(14)93(13,49-84(117)123-20)64(29-34-81(114)120-17)86(104-94)56(8)88(92)101-74/h21-22,43-47,50,62-65,89,97,100,103H,1-2,23-42,48-49H2,3-20H3,(H,95,109)(H,96,108)(H,110,111)/b66-43?,67-43?,68-44?,69-45?,70-44?,71-45?,72-46?,73-46?,75-47-,87-55-,88-56-/t62-,63-,64-,65+,89?,91-,92+,93+,94+/m1/s1. The number of carboxylic acids is 1. The number of methoxy groups -OCH3 is 6. The first-order chi connectivity index (χ1) is 58.9. The second-order valence-electron chi connectivity index (χ2n) is 34.9. The van der Waals surface area contributed by atoms with Crippen LogP contribution in [0.4, 0.5) is 0 Å². The van der Waals surface area contributed by atoms with Crippen molar-refractivity contribution in [3.63, 3.8) is 0 Å². The van der Waals surface area contributed by atoms with Crippen LogP contribution < -0.4 is 16.0 Å². The molecule has 30 nitrogen and oxygen atoms in total. The summed E-state index contributed by atoms with van der Waals surface area (Å²) in [6.07, 6.45) is 9.05. The lowest BCUT2D eigenvalue weighted by molar-refractivity contribution is -0.147. The number of nitrogens with zero attached hydrogens (tertiary/aromatic N) is 8. The van der Waals surface area contributed by atoms with E-state index in [2.05, 4.69) is 63.2 Å². The minimum absolute atomic E-state index is 0.0297. The molecular formula is C94H121N13O17. The molecule has 6 N–H and O–H groups in total. The molecule has 124 heavy (non-hydrogen) atoms. The lowest BCUT2D eigenvalue weighted by Gasteiger charge is -2.48. The van der Waals surface area contributed by atoms with Gasteiger partial charge in [0.1, 0.15) is 0 Å². The molecular weight excluding hydrogens is 1580 g/mol. The highest BCUT2D eigenvalue weighted by molar-refractivity contribution is 6.10. The maximum atomic E-state index is 15.1. The zero-order valence-electron chi connectivity index (χ0n) is 75.0. The lowest BCUT2D eigenvalue weighted by Crippen LogP contribution is -2.58. The molecule has 7 aliphatic rings. The summed E-state index contributed by atoms with van der Waals surface area (Å²) in [5.41, 5.74) is 12.8. The maximum absolute atomic E-state index is 15.1. The number of carbonyl (C=O) groups is 9. The average molecular weight is 1710 g/mol. The van der Waals surface area contributed by atoms with Crippen LogP contribution in [0, 0.1) is 59.2 Å². The summed E-state index contributed by atoms with van der Waals surface area (Å²) < 4.78 is 39.8. The molecule has 0 spiro atoms. The first kappa shape index (κ1) is 93.1. The largest absolute Gasteiger partial charge is 0.481 e. The van der Waals surface area contributed by atoms with Crippen molar-refractivity contribution in [3.8, 4) is 0 Å². The van der Waals surface area contributed by atoms with Crippen molar-refractivity contribution >= 4 is 121 Å². The molecule has 1 unspecified atom stereocenters. The molecule has 16 bridgehead atoms. The monoisotopic (exact) mass is 1700 g/mol. The van der Waals surface area contributed by atoms with Gasteiger partial charge in [0.15, 0.2) is 0 Å². The number of amides is 2. The van der Waals surface area contributed by atoms with Crippen molar-refractivity contribution in [2.24, 2.45) is 60.3 Å². The van der Waals surface area contributed by atoms with Crippen LogP contribution in [-0.2, 0) is 95.7 Å². The number of aliphatic imine (C=N–C) groups is 3. The van der Waals surface area contributed by atoms with Gasteiger partial charge < -0.3 is 64.2 Å². The van der Waals surface area contributed by atoms with Crippen LogP contribution in [0.3, 0.4) is 0 Å². The van der Waals surface area contributed by atoms with Crippen LogP contribution in [0.5, 0.6) is 0 Å². The van der Waals surface area contributed by atoms with Crippen molar-refractivity contribution < 1.29 is 81.4 Å². The molecule has 664 valence electrons. The molecule has 1 saturated heterocycles. The predicted molar refractivity (Wildman–Crippen MR) is 472 cm³/mol. The summed E-state index contributed by atoms with van der Waals surface area (Å²) in [6, 6.07) is 7.12. The Bertz CT molecular complexity index is 5410. The van der Waals surface area contributed by atoms with Crippen LogP contribution in [-0.4, -0.2) is 191 Å². The number of H-pyrrole nitrogens is 2. The SMILES string of the molecule is C=CC1=C(C)c2cc3[nH]c(cc4nc(cc5[nH]c(cc1n2)c(C)c5CCC(=O)NCCOCCn1cc(CCCNC(=O)C[C@]2(C)/C5=C(\C)C6=N[C@@](C)(C7N/C(=C(/C)C8=N/C(=C\C(=N5)[C@H]2CCC(=O)OC)C(C)(C)[C@@H]8CCC(=O)OC)[C@](C)(CCC(=O)OC)[C@H]7CC(=O)OC)[C@@](C)(CC(=O)OC)[C@@H]6CCC(=O)OC)nn1)C(CCC(=O)O)=C4C)c(C)c3C=C. The van der Waals surface area contributed by atoms with Gasteiger partial charge in [0.25, 0.3) is 0 Å². The molecule has 11 rings (SSSR count). The Morgan fingerprint density at radius 1 is 0.573 bits per heavy atom. The highest BCUT2D eigenvalue weighted by Crippen LogP contribution is 2.63. The second-order valence-corrected chi connectivity index (χ2v) is 34.9. The molecule has 11 heterocycles. The molecule has 30 heteroatoms. The van der Waals surface area contributed by atoms with Gasteiger partial charge in [0, 0.05) is 171 Å². The smallest absolute Gasteiger partial charge is 0.306 e. The molecule has 0 radical (unpaired) electrons. The molecule has 0 saturated carbocycles. The van der Waals surface area contributed by atoms with Gasteiger partial charge in [-0.25, -0.2) is 14.6 Å². The predicted octanol–water partition coefficient (Wildman–Crippen LogP) is 13.3. The Hall–Kier alpha value is -11.6. The second kappa shape index (κ2) is 38.7. The fourth-order valence-corrected chi connectivity index (χ4v) is 19.8. The van der Waals surface area contributed by atoms with Gasteiger partial charge in [0.2, 0.25) is 11.8 Å². The van der Waals surface area contributed by atoms with Gasteiger partial charge in [-0.15, -0.1) is 5.10 Å². The van der Waals surface area contributed by atoms with E-state index in [1.165, 1.54) is 42.7 Å². The number of carboxylic acid groups (broad SMARTS) is 1. The van der Waals surface area contributed by atoms with Gasteiger partial charge >= 0.3 is 41.8 Å². The number of aliphatic carboxylic acids is 1. The summed E-state index contributed by atoms with van der Waals surface area (Å²) in [5, 5.41) is 28.8. The third-order valence-corrected chi connectivity index (χ3v) is 27.4. The number of fused-ring (bicyclic) bond motifs is 14. The van der Waals surface area contributed by atoms with Crippen molar-refractivity contribution in [1.29, 1.82) is 0 Å². The summed E-state index contributed by atoms with van der Waals surface area (Å²) in [6.45, 7) is 33.4. The van der Waals surface area contributed by atoms with Gasteiger partial charge in [-0.05, 0) is 175 Å². The number of ether oxygens (including phenoxy) is 7. The first-order valence-electron chi connectivity index (χ1n) is 42.6. The zero-order valence-corrected chi connectivity index (χ0v) is 75.0. The van der Waals surface area contributed by atoms with E-state index in [-0.39, 0.29) is 122 Å². The van der Waals surface area contributed by atoms with Crippen LogP contribution in [0.2, 0.25) is 0 Å². The Kier molecular flexibility index (Phi) is 29.1. The molecule has 0 aliphatic carbocycles. The number of hydrogen-bond donors (Lipinski definition) is 6. The van der Waals surface area contributed by atoms with E-state index in [1.54, 1.807) is 10.8 Å². The van der Waals surface area contributed by atoms with E-state index in [0.717, 1.165) is 78.0 Å². The average Bonchev–Trinajstić information content (AvgIpc) is 1.52. The van der Waals surface area contributed by atoms with E-state index < -0.39 is 98.7 Å². The van der Waals surface area contributed by atoms with Crippen LogP contribution in [0.15, 0.2) is 99.0 Å². The molecule has 0 aromatic carbocycles. The van der Waals surface area contributed by atoms with Crippen molar-refractivity contribution in [1.82, 2.24) is 50.9 Å². The minimum Gasteiger partial charge on any atom is -0.481 e. The van der Waals surface area contributed by atoms with Crippen LogP contribution >= 0.6 is 0 Å². The first-order valence-corrected chi connectivity index (χ1v) is 42.6. The summed E-state index contributed by atoms with van der Waals surface area (Å²) >= 11 is 0. The number of nitrogens with one attached hydrogen (secondary N) is 5. The number of aryl methyl sites for hydroxylation is 4. The minimum atomic E-state index is -1.40. The maximum Gasteiger partial charge on any atom is 0.306 e. The van der Waals surface area contributed by atoms with Crippen LogP contribution in [0.1, 0.15) is 216 Å². The van der Waals surface area contributed by atoms with E-state index in [1.807, 2.05) is 112 Å². The fraction of sp³-hybridized carbons (Fsp3) is 0.532. The number of aromatic nitrogens is 7. The lowest BCUT2D eigenvalue weighted by atomic mass is 9.56. The van der Waals surface area contributed by atoms with Gasteiger partial charge in [-0.2, -0.15) is 0 Å². The third kappa shape index (κ3) is 18.9. The Morgan fingerprint density at radius 3 is 1.82 bits per heavy atom. The highest BCUT2D eigenvalue weighted by Gasteiger charge is 2.67. The van der Waals surface area contributed by atoms with Gasteiger partial charge in [-0.3, -0.25) is 58.1 Å². The normalized spacial score (nSPS) is 24.6. The van der Waals surface area contributed by atoms with Crippen molar-refractivity contribution in [2.45, 2.75) is 210 Å². The number of esters is 6. The third-order valence-electron chi connectivity index (χ3n) is 27.4. The Balaban J connectivity index is 0.818. The Labute approximate surface area is 724 Å². The van der Waals surface area contributed by atoms with E-state index in [9.17, 15) is 43.5 Å².